The summed E-state index contributed by atoms with van der Waals surface area (Å²) in [5.41, 5.74) is 1.63. The van der Waals surface area contributed by atoms with Gasteiger partial charge in [0.2, 0.25) is 0 Å². The molecule has 0 amide bonds. The van der Waals surface area contributed by atoms with E-state index in [1.165, 1.54) is 0 Å². The van der Waals surface area contributed by atoms with Crippen LogP contribution in [0.3, 0.4) is 0 Å². The van der Waals surface area contributed by atoms with E-state index in [4.69, 9.17) is 0 Å². The molecule has 0 aliphatic rings. The average Bonchev–Trinajstić information content (AvgIpc) is 2.85. The second kappa shape index (κ2) is 4.37. The molecule has 3 rings (SSSR count). The first-order chi connectivity index (χ1) is 8.83. The molecule has 0 saturated carbocycles. The van der Waals surface area contributed by atoms with Gasteiger partial charge in [0, 0.05) is 24.4 Å². The Labute approximate surface area is 104 Å². The Balaban J connectivity index is 1.78. The molecule has 0 saturated heterocycles. The fourth-order valence-corrected chi connectivity index (χ4v) is 1.76. The zero-order valence-corrected chi connectivity index (χ0v) is 9.61. The van der Waals surface area contributed by atoms with Gasteiger partial charge < -0.3 is 10.4 Å². The van der Waals surface area contributed by atoms with E-state index in [0.29, 0.717) is 6.54 Å². The van der Waals surface area contributed by atoms with E-state index in [1.807, 2.05) is 30.5 Å². The summed E-state index contributed by atoms with van der Waals surface area (Å²) in [7, 11) is 0. The molecule has 2 N–H and O–H groups in total. The first-order valence-electron chi connectivity index (χ1n) is 5.64. The summed E-state index contributed by atoms with van der Waals surface area (Å²) in [6.45, 7) is 0.532. The number of anilines is 1. The zero-order chi connectivity index (χ0) is 12.4. The van der Waals surface area contributed by atoms with Gasteiger partial charge in [-0.25, -0.2) is 9.50 Å². The van der Waals surface area contributed by atoms with Crippen molar-refractivity contribution >= 4 is 11.5 Å². The van der Waals surface area contributed by atoms with Crippen LogP contribution in [0.15, 0.2) is 48.8 Å². The van der Waals surface area contributed by atoms with E-state index in [-0.39, 0.29) is 5.75 Å². The highest BCUT2D eigenvalue weighted by Crippen LogP contribution is 2.17. The lowest BCUT2D eigenvalue weighted by Gasteiger charge is -2.07. The van der Waals surface area contributed by atoms with Crippen molar-refractivity contribution < 1.29 is 5.11 Å². The van der Waals surface area contributed by atoms with Crippen LogP contribution in [0.1, 0.15) is 5.56 Å². The van der Waals surface area contributed by atoms with Crippen molar-refractivity contribution in [1.82, 2.24) is 14.6 Å². The van der Waals surface area contributed by atoms with Gasteiger partial charge in [0.1, 0.15) is 11.6 Å². The van der Waals surface area contributed by atoms with E-state index in [1.54, 1.807) is 22.8 Å². The van der Waals surface area contributed by atoms with E-state index >= 15 is 0 Å². The Morgan fingerprint density at radius 2 is 2.06 bits per heavy atom. The third kappa shape index (κ3) is 1.98. The molecule has 0 unspecified atom stereocenters. The number of fused-ring (bicyclic) bond motifs is 1. The second-order valence-corrected chi connectivity index (χ2v) is 3.93. The van der Waals surface area contributed by atoms with Crippen molar-refractivity contribution in [1.29, 1.82) is 0 Å². The van der Waals surface area contributed by atoms with Gasteiger partial charge in [0.25, 0.3) is 0 Å². The van der Waals surface area contributed by atoms with Crippen LogP contribution < -0.4 is 5.32 Å². The molecule has 0 fully saturated rings. The molecular weight excluding hydrogens is 228 g/mol. The smallest absolute Gasteiger partial charge is 0.157 e. The standard InChI is InChI=1S/C13H12N4O/c18-11-4-2-1-3-10(11)9-14-12-6-8-17-13(16-12)5-7-15-17/h1-8,18H,9H2,(H,14,16). The van der Waals surface area contributed by atoms with Crippen LogP contribution in [0.25, 0.3) is 5.65 Å². The third-order valence-electron chi connectivity index (χ3n) is 2.71. The summed E-state index contributed by atoms with van der Waals surface area (Å²) >= 11 is 0. The molecule has 0 bridgehead atoms. The average molecular weight is 240 g/mol. The summed E-state index contributed by atoms with van der Waals surface area (Å²) in [5.74, 6) is 1.04. The molecule has 5 heteroatoms. The van der Waals surface area contributed by atoms with Crippen LogP contribution >= 0.6 is 0 Å². The van der Waals surface area contributed by atoms with E-state index in [0.717, 1.165) is 17.0 Å². The van der Waals surface area contributed by atoms with Gasteiger partial charge in [-0.2, -0.15) is 5.10 Å². The number of nitrogens with zero attached hydrogens (tertiary/aromatic N) is 3. The molecule has 90 valence electrons. The number of para-hydroxylation sites is 1. The lowest BCUT2D eigenvalue weighted by molar-refractivity contribution is 0.469. The molecular formula is C13H12N4O. The van der Waals surface area contributed by atoms with Gasteiger partial charge in [0.15, 0.2) is 5.65 Å². The van der Waals surface area contributed by atoms with Gasteiger partial charge >= 0.3 is 0 Å². The maximum atomic E-state index is 9.65. The molecule has 0 aliphatic carbocycles. The van der Waals surface area contributed by atoms with Crippen LogP contribution in [-0.2, 0) is 6.54 Å². The second-order valence-electron chi connectivity index (χ2n) is 3.93. The predicted molar refractivity (Wildman–Crippen MR) is 68.4 cm³/mol. The van der Waals surface area contributed by atoms with Crippen molar-refractivity contribution in [3.63, 3.8) is 0 Å². The minimum absolute atomic E-state index is 0.287. The molecule has 0 atom stereocenters. The van der Waals surface area contributed by atoms with E-state index in [9.17, 15) is 5.11 Å². The van der Waals surface area contributed by atoms with Crippen LogP contribution in [0.2, 0.25) is 0 Å². The number of phenols is 1. The SMILES string of the molecule is Oc1ccccc1CNc1ccn2nccc2n1. The zero-order valence-electron chi connectivity index (χ0n) is 9.61. The summed E-state index contributed by atoms with van der Waals surface area (Å²) in [4.78, 5) is 4.39. The van der Waals surface area contributed by atoms with Gasteiger partial charge in [0.05, 0.1) is 6.20 Å². The van der Waals surface area contributed by atoms with Crippen molar-refractivity contribution in [3.8, 4) is 5.75 Å². The Hall–Kier alpha value is -2.56. The largest absolute Gasteiger partial charge is 0.508 e. The Morgan fingerprint density at radius 1 is 1.17 bits per heavy atom. The lowest BCUT2D eigenvalue weighted by Crippen LogP contribution is -2.02. The fraction of sp³-hybridized carbons (Fsp3) is 0.0769. The van der Waals surface area contributed by atoms with Gasteiger partial charge in [-0.3, -0.25) is 0 Å². The van der Waals surface area contributed by atoms with Crippen LogP contribution in [-0.4, -0.2) is 19.7 Å². The molecule has 1 aromatic carbocycles. The highest BCUT2D eigenvalue weighted by molar-refractivity contribution is 5.46. The molecule has 2 heterocycles. The number of nitrogens with one attached hydrogen (secondary N) is 1. The Bertz CT molecular complexity index is 677. The minimum Gasteiger partial charge on any atom is -0.508 e. The monoisotopic (exact) mass is 240 g/mol. The quantitative estimate of drug-likeness (QED) is 0.735. The Kier molecular flexibility index (Phi) is 2.57. The molecule has 5 nitrogen and oxygen atoms in total. The maximum Gasteiger partial charge on any atom is 0.157 e. The van der Waals surface area contributed by atoms with Crippen molar-refractivity contribution in [2.24, 2.45) is 0 Å². The summed E-state index contributed by atoms with van der Waals surface area (Å²) in [6, 6.07) is 10.9. The number of hydrogen-bond donors (Lipinski definition) is 2. The molecule has 0 spiro atoms. The highest BCUT2D eigenvalue weighted by Gasteiger charge is 2.01. The van der Waals surface area contributed by atoms with Gasteiger partial charge in [-0.1, -0.05) is 18.2 Å². The highest BCUT2D eigenvalue weighted by atomic mass is 16.3. The molecule has 0 radical (unpaired) electrons. The molecule has 18 heavy (non-hydrogen) atoms. The number of rotatable bonds is 3. The van der Waals surface area contributed by atoms with Gasteiger partial charge in [-0.15, -0.1) is 0 Å². The number of benzene rings is 1. The van der Waals surface area contributed by atoms with Crippen LogP contribution in [0.5, 0.6) is 5.75 Å². The van der Waals surface area contributed by atoms with Gasteiger partial charge in [-0.05, 0) is 12.1 Å². The topological polar surface area (TPSA) is 62.5 Å². The predicted octanol–water partition coefficient (Wildman–Crippen LogP) is 2.05. The van der Waals surface area contributed by atoms with E-state index < -0.39 is 0 Å². The molecule has 3 aromatic rings. The number of hydrogen-bond acceptors (Lipinski definition) is 4. The minimum atomic E-state index is 0.287. The maximum absolute atomic E-state index is 9.65. The summed E-state index contributed by atoms with van der Waals surface area (Å²) in [5, 5.41) is 16.9. The summed E-state index contributed by atoms with van der Waals surface area (Å²) < 4.78 is 1.70. The number of aromatic hydroxyl groups is 1. The first kappa shape index (κ1) is 10.6. The van der Waals surface area contributed by atoms with Crippen molar-refractivity contribution in [2.75, 3.05) is 5.32 Å². The van der Waals surface area contributed by atoms with Crippen molar-refractivity contribution in [2.45, 2.75) is 6.54 Å². The number of aromatic nitrogens is 3. The number of phenolic OH excluding ortho intramolecular Hbond substituents is 1. The van der Waals surface area contributed by atoms with Crippen molar-refractivity contribution in [3.05, 3.63) is 54.4 Å². The van der Waals surface area contributed by atoms with E-state index in [2.05, 4.69) is 15.4 Å². The Morgan fingerprint density at radius 3 is 2.94 bits per heavy atom. The van der Waals surface area contributed by atoms with Crippen LogP contribution in [0.4, 0.5) is 5.82 Å². The van der Waals surface area contributed by atoms with Crippen LogP contribution in [0, 0.1) is 0 Å². The molecule has 2 aromatic heterocycles. The molecule has 0 aliphatic heterocycles. The third-order valence-corrected chi connectivity index (χ3v) is 2.71. The normalized spacial score (nSPS) is 10.7. The lowest BCUT2D eigenvalue weighted by atomic mass is 10.2. The fourth-order valence-electron chi connectivity index (χ4n) is 1.76. The summed E-state index contributed by atoms with van der Waals surface area (Å²) in [6.07, 6.45) is 3.55. The first-order valence-corrected chi connectivity index (χ1v) is 5.64.